The van der Waals surface area contributed by atoms with Crippen LogP contribution in [0, 0.1) is 6.92 Å². The van der Waals surface area contributed by atoms with Crippen LogP contribution in [0.2, 0.25) is 0 Å². The summed E-state index contributed by atoms with van der Waals surface area (Å²) in [5.41, 5.74) is 0.830. The third-order valence-corrected chi connectivity index (χ3v) is 3.33. The molecule has 1 atom stereocenters. The Morgan fingerprint density at radius 2 is 2.11 bits per heavy atom. The predicted molar refractivity (Wildman–Crippen MR) is 67.7 cm³/mol. The van der Waals surface area contributed by atoms with Crippen LogP contribution in [0.1, 0.15) is 43.8 Å². The second kappa shape index (κ2) is 5.35. The van der Waals surface area contributed by atoms with Crippen molar-refractivity contribution in [3.63, 3.8) is 0 Å². The number of carbonyl (C=O) groups is 1. The molecule has 1 aromatic rings. The number of esters is 1. The summed E-state index contributed by atoms with van der Waals surface area (Å²) in [5, 5.41) is 0. The molecule has 5 nitrogen and oxygen atoms in total. The van der Waals surface area contributed by atoms with Gasteiger partial charge in [0, 0.05) is 0 Å². The van der Waals surface area contributed by atoms with Gasteiger partial charge in [-0.1, -0.05) is 0 Å². The minimum atomic E-state index is -0.778. The monoisotopic (exact) mass is 268 g/mol. The molecule has 1 aliphatic rings. The molecule has 1 aromatic heterocycles. The van der Waals surface area contributed by atoms with Crippen molar-refractivity contribution in [2.75, 3.05) is 19.8 Å². The summed E-state index contributed by atoms with van der Waals surface area (Å²) >= 11 is 0. The van der Waals surface area contributed by atoms with Gasteiger partial charge in [0.1, 0.15) is 17.4 Å². The Bertz CT molecular complexity index is 456. The van der Waals surface area contributed by atoms with E-state index >= 15 is 0 Å². The SMILES string of the molecule is CCOC(=O)[C@@H](C)c1cc(C2(C)OCCO2)c(C)o1. The van der Waals surface area contributed by atoms with Gasteiger partial charge < -0.3 is 18.6 Å². The van der Waals surface area contributed by atoms with Crippen LogP contribution in [-0.4, -0.2) is 25.8 Å². The number of rotatable bonds is 4. The van der Waals surface area contributed by atoms with Crippen molar-refractivity contribution >= 4 is 5.97 Å². The first-order chi connectivity index (χ1) is 8.98. The van der Waals surface area contributed by atoms with Crippen molar-refractivity contribution in [3.05, 3.63) is 23.2 Å². The van der Waals surface area contributed by atoms with Crippen LogP contribution < -0.4 is 0 Å². The minimum Gasteiger partial charge on any atom is -0.465 e. The predicted octanol–water partition coefficient (Wildman–Crippen LogP) is 2.47. The number of hydrogen-bond donors (Lipinski definition) is 0. The highest BCUT2D eigenvalue weighted by molar-refractivity contribution is 5.76. The molecular formula is C14H20O5. The Hall–Kier alpha value is -1.33. The molecule has 5 heteroatoms. The zero-order valence-electron chi connectivity index (χ0n) is 11.8. The first kappa shape index (κ1) is 14.1. The molecular weight excluding hydrogens is 248 g/mol. The quantitative estimate of drug-likeness (QED) is 0.785. The second-order valence-corrected chi connectivity index (χ2v) is 4.73. The number of aryl methyl sites for hydroxylation is 1. The largest absolute Gasteiger partial charge is 0.465 e. The van der Waals surface area contributed by atoms with Crippen molar-refractivity contribution in [1.82, 2.24) is 0 Å². The Morgan fingerprint density at radius 3 is 2.68 bits per heavy atom. The van der Waals surface area contributed by atoms with E-state index in [-0.39, 0.29) is 5.97 Å². The lowest BCUT2D eigenvalue weighted by Crippen LogP contribution is -2.22. The summed E-state index contributed by atoms with van der Waals surface area (Å²) in [5.74, 6) is -0.222. The van der Waals surface area contributed by atoms with Gasteiger partial charge in [-0.2, -0.15) is 0 Å². The molecule has 0 bridgehead atoms. The van der Waals surface area contributed by atoms with Crippen molar-refractivity contribution < 1.29 is 23.4 Å². The lowest BCUT2D eigenvalue weighted by molar-refractivity contribution is -0.150. The maximum absolute atomic E-state index is 11.7. The summed E-state index contributed by atoms with van der Waals surface area (Å²) < 4.78 is 21.9. The summed E-state index contributed by atoms with van der Waals surface area (Å²) in [4.78, 5) is 11.7. The van der Waals surface area contributed by atoms with Gasteiger partial charge in [-0.15, -0.1) is 0 Å². The van der Waals surface area contributed by atoms with Crippen molar-refractivity contribution in [1.29, 1.82) is 0 Å². The normalized spacial score (nSPS) is 19.4. The zero-order chi connectivity index (χ0) is 14.0. The van der Waals surface area contributed by atoms with Gasteiger partial charge >= 0.3 is 5.97 Å². The maximum Gasteiger partial charge on any atom is 0.316 e. The molecule has 2 rings (SSSR count). The third kappa shape index (κ3) is 2.67. The van der Waals surface area contributed by atoms with Crippen LogP contribution >= 0.6 is 0 Å². The van der Waals surface area contributed by atoms with Crippen LogP contribution in [0.4, 0.5) is 0 Å². The summed E-state index contributed by atoms with van der Waals surface area (Å²) in [6.45, 7) is 8.72. The molecule has 1 aliphatic heterocycles. The van der Waals surface area contributed by atoms with Crippen molar-refractivity contribution in [2.45, 2.75) is 39.4 Å². The zero-order valence-corrected chi connectivity index (χ0v) is 11.8. The fraction of sp³-hybridized carbons (Fsp3) is 0.643. The van der Waals surface area contributed by atoms with E-state index in [1.54, 1.807) is 13.8 Å². The Kier molecular flexibility index (Phi) is 3.96. The van der Waals surface area contributed by atoms with E-state index in [4.69, 9.17) is 18.6 Å². The summed E-state index contributed by atoms with van der Waals surface area (Å²) in [6.07, 6.45) is 0. The van der Waals surface area contributed by atoms with Crippen LogP contribution in [0.25, 0.3) is 0 Å². The highest BCUT2D eigenvalue weighted by atomic mass is 16.7. The molecule has 0 unspecified atom stereocenters. The van der Waals surface area contributed by atoms with E-state index < -0.39 is 11.7 Å². The highest BCUT2D eigenvalue weighted by Crippen LogP contribution is 2.36. The Balaban J connectivity index is 2.23. The highest BCUT2D eigenvalue weighted by Gasteiger charge is 2.37. The molecule has 2 heterocycles. The Labute approximate surface area is 112 Å². The minimum absolute atomic E-state index is 0.291. The fourth-order valence-corrected chi connectivity index (χ4v) is 2.22. The molecule has 0 N–H and O–H groups in total. The molecule has 0 saturated carbocycles. The van der Waals surface area contributed by atoms with E-state index in [1.807, 2.05) is 19.9 Å². The standard InChI is InChI=1S/C14H20O5/c1-5-16-13(15)9(2)12-8-11(10(3)19-12)14(4)17-6-7-18-14/h8-9H,5-7H2,1-4H3/t9-/m0/s1. The average Bonchev–Trinajstić information content (AvgIpc) is 2.96. The van der Waals surface area contributed by atoms with Crippen LogP contribution in [0.5, 0.6) is 0 Å². The molecule has 0 radical (unpaired) electrons. The molecule has 0 spiro atoms. The van der Waals surface area contributed by atoms with E-state index in [1.165, 1.54) is 0 Å². The van der Waals surface area contributed by atoms with Crippen LogP contribution in [0.15, 0.2) is 10.5 Å². The van der Waals surface area contributed by atoms with Crippen molar-refractivity contribution in [3.8, 4) is 0 Å². The van der Waals surface area contributed by atoms with Crippen LogP contribution in [-0.2, 0) is 24.8 Å². The smallest absolute Gasteiger partial charge is 0.316 e. The molecule has 106 valence electrons. The van der Waals surface area contributed by atoms with Crippen LogP contribution in [0.3, 0.4) is 0 Å². The molecule has 0 amide bonds. The molecule has 0 aromatic carbocycles. The van der Waals surface area contributed by atoms with Gasteiger partial charge in [0.05, 0.1) is 25.4 Å². The van der Waals surface area contributed by atoms with Gasteiger partial charge in [-0.25, -0.2) is 0 Å². The topological polar surface area (TPSA) is 57.9 Å². The van der Waals surface area contributed by atoms with E-state index in [2.05, 4.69) is 0 Å². The van der Waals surface area contributed by atoms with Crippen molar-refractivity contribution in [2.24, 2.45) is 0 Å². The van der Waals surface area contributed by atoms with Gasteiger partial charge in [0.15, 0.2) is 5.79 Å². The van der Waals surface area contributed by atoms with Gasteiger partial charge in [0.2, 0.25) is 0 Å². The van der Waals surface area contributed by atoms with E-state index in [9.17, 15) is 4.79 Å². The molecule has 0 aliphatic carbocycles. The molecule has 19 heavy (non-hydrogen) atoms. The third-order valence-electron chi connectivity index (χ3n) is 3.33. The van der Waals surface area contributed by atoms with E-state index in [0.29, 0.717) is 31.3 Å². The molecule has 1 fully saturated rings. The first-order valence-corrected chi connectivity index (χ1v) is 6.53. The number of carbonyl (C=O) groups excluding carboxylic acids is 1. The summed E-state index contributed by atoms with van der Waals surface area (Å²) in [7, 11) is 0. The lowest BCUT2D eigenvalue weighted by atomic mass is 10.0. The maximum atomic E-state index is 11.7. The number of hydrogen-bond acceptors (Lipinski definition) is 5. The lowest BCUT2D eigenvalue weighted by Gasteiger charge is -2.21. The van der Waals surface area contributed by atoms with Gasteiger partial charge in [-0.3, -0.25) is 4.79 Å². The van der Waals surface area contributed by atoms with Gasteiger partial charge in [-0.05, 0) is 33.8 Å². The summed E-state index contributed by atoms with van der Waals surface area (Å²) in [6, 6.07) is 1.82. The number of furan rings is 1. The Morgan fingerprint density at radius 1 is 1.47 bits per heavy atom. The van der Waals surface area contributed by atoms with Gasteiger partial charge in [0.25, 0.3) is 0 Å². The van der Waals surface area contributed by atoms with E-state index in [0.717, 1.165) is 5.56 Å². The fourth-order valence-electron chi connectivity index (χ4n) is 2.22. The molecule has 1 saturated heterocycles. The second-order valence-electron chi connectivity index (χ2n) is 4.73. The average molecular weight is 268 g/mol. The number of ether oxygens (including phenoxy) is 3. The first-order valence-electron chi connectivity index (χ1n) is 6.53.